The smallest absolute Gasteiger partial charge is 0.268 e. The number of anilines is 1. The molecule has 1 aliphatic heterocycles. The first-order valence-electron chi connectivity index (χ1n) is 13.4. The molecule has 7 nitrogen and oxygen atoms in total. The maximum Gasteiger partial charge on any atom is 0.268 e. The molecule has 0 atom stereocenters. The monoisotopic (exact) mass is 534 g/mol. The van der Waals surface area contributed by atoms with Gasteiger partial charge in [-0.1, -0.05) is 76.6 Å². The average Bonchev–Trinajstić information content (AvgIpc) is 2.89. The highest BCUT2D eigenvalue weighted by atomic mass is 32.2. The zero-order valence-electron chi connectivity index (χ0n) is 22.8. The third kappa shape index (κ3) is 6.78. The van der Waals surface area contributed by atoms with E-state index in [4.69, 9.17) is 4.98 Å². The molecule has 1 fully saturated rings. The van der Waals surface area contributed by atoms with E-state index in [9.17, 15) is 13.2 Å². The van der Waals surface area contributed by atoms with Gasteiger partial charge in [-0.25, -0.2) is 23.1 Å². The predicted octanol–water partition coefficient (Wildman–Crippen LogP) is 5.30. The normalized spacial score (nSPS) is 14.9. The van der Waals surface area contributed by atoms with E-state index < -0.39 is 15.9 Å². The molecule has 202 valence electrons. The summed E-state index contributed by atoms with van der Waals surface area (Å²) in [6, 6.07) is 17.2. The number of aromatic nitrogens is 2. The van der Waals surface area contributed by atoms with Crippen LogP contribution in [0, 0.1) is 5.92 Å². The molecule has 1 aliphatic rings. The SMILES string of the molecule is CCCc1nc(N2CCC(Cc3ccccc3)CC2)ncc1C(=O)NS(=O)(=O)c1ccc(C(C)(C)C)cc1. The lowest BCUT2D eigenvalue weighted by molar-refractivity contribution is 0.0979. The van der Waals surface area contributed by atoms with Crippen LogP contribution in [0.15, 0.2) is 65.7 Å². The summed E-state index contributed by atoms with van der Waals surface area (Å²) in [6.45, 7) is 9.89. The van der Waals surface area contributed by atoms with E-state index in [2.05, 4.69) is 59.6 Å². The minimum Gasteiger partial charge on any atom is -0.341 e. The highest BCUT2D eigenvalue weighted by Crippen LogP contribution is 2.26. The number of sulfonamides is 1. The topological polar surface area (TPSA) is 92.3 Å². The molecule has 0 aliphatic carbocycles. The van der Waals surface area contributed by atoms with Crippen LogP contribution in [0.3, 0.4) is 0 Å². The summed E-state index contributed by atoms with van der Waals surface area (Å²) < 4.78 is 28.1. The number of piperidine rings is 1. The number of hydrogen-bond donors (Lipinski definition) is 1. The van der Waals surface area contributed by atoms with Crippen LogP contribution in [-0.4, -0.2) is 37.4 Å². The molecule has 2 heterocycles. The molecule has 4 rings (SSSR count). The van der Waals surface area contributed by atoms with Gasteiger partial charge in [0.25, 0.3) is 15.9 Å². The average molecular weight is 535 g/mol. The summed E-state index contributed by atoms with van der Waals surface area (Å²) in [5, 5.41) is 0. The van der Waals surface area contributed by atoms with Gasteiger partial charge in [0.2, 0.25) is 5.95 Å². The number of aryl methyl sites for hydroxylation is 1. The Morgan fingerprint density at radius 3 is 2.29 bits per heavy atom. The van der Waals surface area contributed by atoms with Crippen molar-refractivity contribution in [2.75, 3.05) is 18.0 Å². The number of rotatable bonds is 8. The maximum absolute atomic E-state index is 13.1. The highest BCUT2D eigenvalue weighted by molar-refractivity contribution is 7.90. The lowest BCUT2D eigenvalue weighted by atomic mass is 9.87. The quantitative estimate of drug-likeness (QED) is 0.421. The van der Waals surface area contributed by atoms with Crippen LogP contribution in [0.4, 0.5) is 5.95 Å². The first kappa shape index (κ1) is 27.8. The van der Waals surface area contributed by atoms with Crippen molar-refractivity contribution in [1.82, 2.24) is 14.7 Å². The Kier molecular flexibility index (Phi) is 8.51. The lowest BCUT2D eigenvalue weighted by Crippen LogP contribution is -2.36. The van der Waals surface area contributed by atoms with Gasteiger partial charge < -0.3 is 4.90 Å². The molecular formula is C30H38N4O3S. The molecular weight excluding hydrogens is 496 g/mol. The molecule has 3 aromatic rings. The molecule has 1 N–H and O–H groups in total. The van der Waals surface area contributed by atoms with Gasteiger partial charge >= 0.3 is 0 Å². The summed E-state index contributed by atoms with van der Waals surface area (Å²) in [4.78, 5) is 24.5. The Morgan fingerprint density at radius 1 is 1.03 bits per heavy atom. The second-order valence-corrected chi connectivity index (χ2v) is 12.8. The molecule has 1 aromatic heterocycles. The van der Waals surface area contributed by atoms with Crippen molar-refractivity contribution < 1.29 is 13.2 Å². The number of hydrogen-bond acceptors (Lipinski definition) is 6. The maximum atomic E-state index is 13.1. The number of carbonyl (C=O) groups is 1. The van der Waals surface area contributed by atoms with Gasteiger partial charge in [0.05, 0.1) is 16.2 Å². The zero-order valence-corrected chi connectivity index (χ0v) is 23.6. The first-order chi connectivity index (χ1) is 18.1. The van der Waals surface area contributed by atoms with Gasteiger partial charge in [-0.05, 0) is 60.3 Å². The Labute approximate surface area is 226 Å². The van der Waals surface area contributed by atoms with Crippen LogP contribution in [-0.2, 0) is 28.3 Å². The Bertz CT molecular complexity index is 1340. The number of nitrogens with zero attached hydrogens (tertiary/aromatic N) is 3. The van der Waals surface area contributed by atoms with Crippen molar-refractivity contribution in [3.8, 4) is 0 Å². The van der Waals surface area contributed by atoms with Gasteiger partial charge in [-0.15, -0.1) is 0 Å². The standard InChI is InChI=1S/C30H38N4O3S/c1-5-9-27-26(28(35)33-38(36,37)25-14-12-24(13-15-25)30(2,3)4)21-31-29(32-27)34-18-16-23(17-19-34)20-22-10-7-6-8-11-22/h6-8,10-15,21,23H,5,9,16-20H2,1-4H3,(H,33,35). The first-order valence-corrected chi connectivity index (χ1v) is 14.9. The third-order valence-electron chi connectivity index (χ3n) is 7.11. The van der Waals surface area contributed by atoms with Gasteiger partial charge in [0, 0.05) is 19.3 Å². The zero-order chi connectivity index (χ0) is 27.3. The van der Waals surface area contributed by atoms with Crippen molar-refractivity contribution in [1.29, 1.82) is 0 Å². The van der Waals surface area contributed by atoms with Crippen LogP contribution in [0.2, 0.25) is 0 Å². The van der Waals surface area contributed by atoms with Crippen LogP contribution in [0.5, 0.6) is 0 Å². The second kappa shape index (κ2) is 11.6. The highest BCUT2D eigenvalue weighted by Gasteiger charge is 2.25. The number of benzene rings is 2. The molecule has 8 heteroatoms. The minimum atomic E-state index is -4.03. The summed E-state index contributed by atoms with van der Waals surface area (Å²) in [5.41, 5.74) is 3.05. The minimum absolute atomic E-state index is 0.0480. The molecule has 1 saturated heterocycles. The van der Waals surface area contributed by atoms with Crippen molar-refractivity contribution in [2.24, 2.45) is 5.92 Å². The fourth-order valence-corrected chi connectivity index (χ4v) is 5.80. The molecule has 1 amide bonds. The summed E-state index contributed by atoms with van der Waals surface area (Å²) in [7, 11) is -4.03. The largest absolute Gasteiger partial charge is 0.341 e. The summed E-state index contributed by atoms with van der Waals surface area (Å²) >= 11 is 0. The summed E-state index contributed by atoms with van der Waals surface area (Å²) in [5.74, 6) is 0.515. The van der Waals surface area contributed by atoms with E-state index in [0.717, 1.165) is 44.3 Å². The molecule has 0 bridgehead atoms. The van der Waals surface area contributed by atoms with Gasteiger partial charge in [0.15, 0.2) is 0 Å². The Balaban J connectivity index is 1.44. The number of amides is 1. The fourth-order valence-electron chi connectivity index (χ4n) is 4.83. The van der Waals surface area contributed by atoms with Gasteiger partial charge in [-0.3, -0.25) is 4.79 Å². The van der Waals surface area contributed by atoms with Crippen LogP contribution >= 0.6 is 0 Å². The molecule has 2 aromatic carbocycles. The molecule has 0 radical (unpaired) electrons. The Morgan fingerprint density at radius 2 is 1.68 bits per heavy atom. The fraction of sp³-hybridized carbons (Fsp3) is 0.433. The molecule has 0 saturated carbocycles. The molecule has 0 spiro atoms. The van der Waals surface area contributed by atoms with E-state index in [1.54, 1.807) is 12.1 Å². The van der Waals surface area contributed by atoms with Crippen molar-refractivity contribution in [3.05, 3.63) is 83.2 Å². The van der Waals surface area contributed by atoms with E-state index in [1.807, 2.05) is 13.0 Å². The van der Waals surface area contributed by atoms with Crippen LogP contribution in [0.25, 0.3) is 0 Å². The van der Waals surface area contributed by atoms with Crippen molar-refractivity contribution in [3.63, 3.8) is 0 Å². The van der Waals surface area contributed by atoms with Gasteiger partial charge in [0.1, 0.15) is 0 Å². The van der Waals surface area contributed by atoms with Gasteiger partial charge in [-0.2, -0.15) is 0 Å². The van der Waals surface area contributed by atoms with Crippen LogP contribution < -0.4 is 9.62 Å². The number of nitrogens with one attached hydrogen (secondary N) is 1. The molecule has 0 unspecified atom stereocenters. The van der Waals surface area contributed by atoms with Crippen LogP contribution in [0.1, 0.15) is 74.1 Å². The molecule has 38 heavy (non-hydrogen) atoms. The van der Waals surface area contributed by atoms with E-state index >= 15 is 0 Å². The predicted molar refractivity (Wildman–Crippen MR) is 151 cm³/mol. The van der Waals surface area contributed by atoms with E-state index in [1.165, 1.54) is 23.9 Å². The lowest BCUT2D eigenvalue weighted by Gasteiger charge is -2.32. The Hall–Kier alpha value is -3.26. The van der Waals surface area contributed by atoms with E-state index in [0.29, 0.717) is 24.0 Å². The third-order valence-corrected chi connectivity index (χ3v) is 8.46. The number of carbonyl (C=O) groups excluding carboxylic acids is 1. The van der Waals surface area contributed by atoms with E-state index in [-0.39, 0.29) is 15.9 Å². The second-order valence-electron chi connectivity index (χ2n) is 11.1. The van der Waals surface area contributed by atoms with Crippen molar-refractivity contribution in [2.45, 2.75) is 70.1 Å². The summed E-state index contributed by atoms with van der Waals surface area (Å²) in [6.07, 6.45) is 5.98. The van der Waals surface area contributed by atoms with Crippen molar-refractivity contribution >= 4 is 21.9 Å².